The number of thiocarbonyl (C=S) groups is 1. The van der Waals surface area contributed by atoms with Crippen molar-refractivity contribution < 1.29 is 0 Å². The van der Waals surface area contributed by atoms with Gasteiger partial charge in [-0.3, -0.25) is 5.43 Å². The zero-order valence-corrected chi connectivity index (χ0v) is 10.1. The number of rotatable bonds is 4. The topological polar surface area (TPSA) is 36.4 Å². The first-order chi connectivity index (χ1) is 7.24. The van der Waals surface area contributed by atoms with Gasteiger partial charge in [0.2, 0.25) is 0 Å². The molecule has 1 aromatic rings. The fourth-order valence-corrected chi connectivity index (χ4v) is 1.79. The van der Waals surface area contributed by atoms with Crippen molar-refractivity contribution in [2.45, 2.75) is 6.92 Å². The molecule has 80 valence electrons. The van der Waals surface area contributed by atoms with Crippen LogP contribution in [0.5, 0.6) is 0 Å². The number of hydrazone groups is 1. The Morgan fingerprint density at radius 1 is 1.73 bits per heavy atom. The maximum absolute atomic E-state index is 4.97. The van der Waals surface area contributed by atoms with E-state index in [1.807, 2.05) is 12.3 Å². The third-order valence-electron chi connectivity index (χ3n) is 1.66. The van der Waals surface area contributed by atoms with Crippen LogP contribution in [0.25, 0.3) is 0 Å². The molecule has 0 saturated heterocycles. The van der Waals surface area contributed by atoms with Gasteiger partial charge in [0.05, 0.1) is 6.21 Å². The predicted octanol–water partition coefficient (Wildman–Crippen LogP) is 2.04. The lowest BCUT2D eigenvalue weighted by molar-refractivity contribution is 0.942. The molecule has 1 heterocycles. The molecule has 15 heavy (non-hydrogen) atoms. The van der Waals surface area contributed by atoms with Crippen molar-refractivity contribution in [3.8, 4) is 0 Å². The van der Waals surface area contributed by atoms with E-state index in [1.165, 1.54) is 5.56 Å². The molecule has 0 bridgehead atoms. The average molecular weight is 239 g/mol. The highest BCUT2D eigenvalue weighted by Crippen LogP contribution is 2.12. The van der Waals surface area contributed by atoms with Crippen LogP contribution in [0.15, 0.2) is 29.2 Å². The molecule has 1 aromatic heterocycles. The van der Waals surface area contributed by atoms with Gasteiger partial charge in [0.15, 0.2) is 5.11 Å². The molecule has 3 nitrogen and oxygen atoms in total. The van der Waals surface area contributed by atoms with Gasteiger partial charge in [-0.1, -0.05) is 6.08 Å². The summed E-state index contributed by atoms with van der Waals surface area (Å²) in [7, 11) is 0. The summed E-state index contributed by atoms with van der Waals surface area (Å²) < 4.78 is 0. The molecule has 0 aliphatic carbocycles. The predicted molar refractivity (Wildman–Crippen MR) is 70.6 cm³/mol. The van der Waals surface area contributed by atoms with E-state index in [0.29, 0.717) is 11.7 Å². The molecular formula is C10H13N3S2. The first-order valence-corrected chi connectivity index (χ1v) is 5.74. The maximum Gasteiger partial charge on any atom is 0.187 e. The fraction of sp³-hybridized carbons (Fsp3) is 0.200. The van der Waals surface area contributed by atoms with Gasteiger partial charge in [-0.25, -0.2) is 0 Å². The highest BCUT2D eigenvalue weighted by Gasteiger charge is 1.94. The molecule has 0 saturated carbocycles. The molecule has 0 aliphatic heterocycles. The number of nitrogens with one attached hydrogen (secondary N) is 2. The van der Waals surface area contributed by atoms with Crippen molar-refractivity contribution in [3.05, 3.63) is 34.5 Å². The molecule has 0 fully saturated rings. The van der Waals surface area contributed by atoms with Crippen LogP contribution in [0.1, 0.15) is 10.4 Å². The van der Waals surface area contributed by atoms with Crippen molar-refractivity contribution in [1.29, 1.82) is 0 Å². The Bertz CT molecular complexity index is 368. The summed E-state index contributed by atoms with van der Waals surface area (Å²) in [6.07, 6.45) is 3.50. The standard InChI is InChI=1S/C10H13N3S2/c1-3-5-11-10(14)13-12-7-9-8(2)4-6-15-9/h3-4,6-7H,1,5H2,2H3,(H2,11,13,14)/b12-7+. The normalized spacial score (nSPS) is 10.2. The van der Waals surface area contributed by atoms with E-state index in [2.05, 4.69) is 28.5 Å². The first-order valence-electron chi connectivity index (χ1n) is 4.46. The third-order valence-corrected chi connectivity index (χ3v) is 2.85. The molecule has 1 rings (SSSR count). The second-order valence-corrected chi connectivity index (χ2v) is 4.19. The van der Waals surface area contributed by atoms with Crippen LogP contribution in [-0.4, -0.2) is 17.9 Å². The zero-order chi connectivity index (χ0) is 11.1. The van der Waals surface area contributed by atoms with Crippen LogP contribution in [0, 0.1) is 6.92 Å². The van der Waals surface area contributed by atoms with E-state index in [1.54, 1.807) is 23.6 Å². The average Bonchev–Trinajstić information content (AvgIpc) is 2.61. The highest BCUT2D eigenvalue weighted by atomic mass is 32.1. The minimum absolute atomic E-state index is 0.500. The lowest BCUT2D eigenvalue weighted by Crippen LogP contribution is -2.31. The number of aryl methyl sites for hydroxylation is 1. The zero-order valence-electron chi connectivity index (χ0n) is 8.49. The van der Waals surface area contributed by atoms with Crippen molar-refractivity contribution in [3.63, 3.8) is 0 Å². The minimum atomic E-state index is 0.500. The van der Waals surface area contributed by atoms with Crippen LogP contribution in [0.3, 0.4) is 0 Å². The van der Waals surface area contributed by atoms with Gasteiger partial charge in [0.25, 0.3) is 0 Å². The van der Waals surface area contributed by atoms with E-state index in [9.17, 15) is 0 Å². The number of nitrogens with zero attached hydrogens (tertiary/aromatic N) is 1. The highest BCUT2D eigenvalue weighted by molar-refractivity contribution is 7.80. The Kier molecular flexibility index (Phi) is 5.00. The molecule has 0 radical (unpaired) electrons. The minimum Gasteiger partial charge on any atom is -0.358 e. The van der Waals surface area contributed by atoms with E-state index in [4.69, 9.17) is 12.2 Å². The molecule has 0 atom stereocenters. The quantitative estimate of drug-likeness (QED) is 0.365. The number of hydrogen-bond donors (Lipinski definition) is 2. The van der Waals surface area contributed by atoms with Crippen LogP contribution >= 0.6 is 23.6 Å². The van der Waals surface area contributed by atoms with Crippen LogP contribution in [0.4, 0.5) is 0 Å². The van der Waals surface area contributed by atoms with Gasteiger partial charge in [-0.2, -0.15) is 5.10 Å². The second-order valence-electron chi connectivity index (χ2n) is 2.84. The summed E-state index contributed by atoms with van der Waals surface area (Å²) in [5.41, 5.74) is 3.95. The SMILES string of the molecule is C=CCNC(=S)N/N=C/c1sccc1C. The lowest BCUT2D eigenvalue weighted by atomic mass is 10.3. The Morgan fingerprint density at radius 2 is 2.53 bits per heavy atom. The molecule has 0 spiro atoms. The summed E-state index contributed by atoms with van der Waals surface area (Å²) in [6.45, 7) is 6.26. The fourth-order valence-electron chi connectivity index (χ4n) is 0.871. The van der Waals surface area contributed by atoms with Gasteiger partial charge in [0.1, 0.15) is 0 Å². The lowest BCUT2D eigenvalue weighted by Gasteiger charge is -2.02. The largest absolute Gasteiger partial charge is 0.358 e. The molecule has 0 unspecified atom stereocenters. The first kappa shape index (κ1) is 11.9. The van der Waals surface area contributed by atoms with Gasteiger partial charge in [-0.05, 0) is 36.2 Å². The molecule has 5 heteroatoms. The summed E-state index contributed by atoms with van der Waals surface area (Å²) in [5.74, 6) is 0. The Labute approximate surface area is 98.9 Å². The second kappa shape index (κ2) is 6.31. The summed E-state index contributed by atoms with van der Waals surface area (Å²) in [6, 6.07) is 2.06. The van der Waals surface area contributed by atoms with Gasteiger partial charge >= 0.3 is 0 Å². The molecule has 0 aromatic carbocycles. The van der Waals surface area contributed by atoms with E-state index >= 15 is 0 Å². The molecule has 2 N–H and O–H groups in total. The Hall–Kier alpha value is -1.20. The van der Waals surface area contributed by atoms with Crippen LogP contribution in [-0.2, 0) is 0 Å². The Morgan fingerprint density at radius 3 is 3.13 bits per heavy atom. The van der Waals surface area contributed by atoms with Crippen LogP contribution < -0.4 is 10.7 Å². The summed E-state index contributed by atoms with van der Waals surface area (Å²) >= 11 is 6.62. The van der Waals surface area contributed by atoms with Gasteiger partial charge in [-0.15, -0.1) is 17.9 Å². The van der Waals surface area contributed by atoms with E-state index < -0.39 is 0 Å². The number of hydrogen-bond acceptors (Lipinski definition) is 3. The van der Waals surface area contributed by atoms with Gasteiger partial charge in [0, 0.05) is 11.4 Å². The maximum atomic E-state index is 4.97. The molecule has 0 amide bonds. The van der Waals surface area contributed by atoms with Crippen molar-refractivity contribution >= 4 is 34.9 Å². The third kappa shape index (κ3) is 4.22. The smallest absolute Gasteiger partial charge is 0.187 e. The Balaban J connectivity index is 2.37. The van der Waals surface area contributed by atoms with Crippen molar-refractivity contribution in [2.75, 3.05) is 6.54 Å². The number of thiophene rings is 1. The monoisotopic (exact) mass is 239 g/mol. The molecular weight excluding hydrogens is 226 g/mol. The summed E-state index contributed by atoms with van der Waals surface area (Å²) in [5, 5.41) is 9.48. The van der Waals surface area contributed by atoms with Crippen LogP contribution in [0.2, 0.25) is 0 Å². The molecule has 0 aliphatic rings. The van der Waals surface area contributed by atoms with Gasteiger partial charge < -0.3 is 5.32 Å². The summed E-state index contributed by atoms with van der Waals surface area (Å²) in [4.78, 5) is 1.13. The van der Waals surface area contributed by atoms with E-state index in [-0.39, 0.29) is 0 Å². The van der Waals surface area contributed by atoms with Crippen molar-refractivity contribution in [1.82, 2.24) is 10.7 Å². The van der Waals surface area contributed by atoms with E-state index in [0.717, 1.165) is 4.88 Å². The van der Waals surface area contributed by atoms with Crippen molar-refractivity contribution in [2.24, 2.45) is 5.10 Å².